The van der Waals surface area contributed by atoms with Gasteiger partial charge in [0, 0.05) is 24.3 Å². The van der Waals surface area contributed by atoms with Crippen molar-refractivity contribution < 1.29 is 13.2 Å². The van der Waals surface area contributed by atoms with E-state index in [-0.39, 0.29) is 16.8 Å². The van der Waals surface area contributed by atoms with Gasteiger partial charge in [-0.15, -0.1) is 0 Å². The predicted molar refractivity (Wildman–Crippen MR) is 94.8 cm³/mol. The highest BCUT2D eigenvalue weighted by atomic mass is 32.2. The zero-order valence-corrected chi connectivity index (χ0v) is 14.7. The number of fused-ring (bicyclic) bond motifs is 1. The van der Waals surface area contributed by atoms with Crippen LogP contribution in [0.3, 0.4) is 0 Å². The number of aryl methyl sites for hydroxylation is 1. The van der Waals surface area contributed by atoms with Crippen molar-refractivity contribution >= 4 is 27.3 Å². The lowest BCUT2D eigenvalue weighted by Gasteiger charge is -2.20. The van der Waals surface area contributed by atoms with Crippen LogP contribution in [0.5, 0.6) is 0 Å². The zero-order valence-electron chi connectivity index (χ0n) is 13.9. The van der Waals surface area contributed by atoms with Crippen LogP contribution in [0.4, 0.5) is 11.4 Å². The molecule has 24 heavy (non-hydrogen) atoms. The van der Waals surface area contributed by atoms with Gasteiger partial charge in [0.05, 0.1) is 4.90 Å². The molecule has 2 aromatic carbocycles. The van der Waals surface area contributed by atoms with E-state index in [9.17, 15) is 13.2 Å². The Kier molecular flexibility index (Phi) is 4.09. The van der Waals surface area contributed by atoms with E-state index in [1.807, 2.05) is 26.0 Å². The summed E-state index contributed by atoms with van der Waals surface area (Å²) in [4.78, 5) is 13.7. The minimum atomic E-state index is -3.66. The Hall–Kier alpha value is -2.34. The van der Waals surface area contributed by atoms with Crippen molar-refractivity contribution in [2.45, 2.75) is 38.1 Å². The highest BCUT2D eigenvalue weighted by Crippen LogP contribution is 2.34. The highest BCUT2D eigenvalue weighted by Gasteiger charge is 2.30. The van der Waals surface area contributed by atoms with Crippen molar-refractivity contribution in [3.8, 4) is 0 Å². The topological polar surface area (TPSA) is 66.5 Å². The molecule has 1 N–H and O–H groups in total. The van der Waals surface area contributed by atoms with E-state index in [1.165, 1.54) is 6.92 Å². The molecule has 5 nitrogen and oxygen atoms in total. The number of hydrogen-bond acceptors (Lipinski definition) is 3. The molecule has 3 rings (SSSR count). The first-order valence-corrected chi connectivity index (χ1v) is 9.28. The highest BCUT2D eigenvalue weighted by molar-refractivity contribution is 7.92. The molecule has 1 atom stereocenters. The molecule has 0 spiro atoms. The second kappa shape index (κ2) is 5.94. The van der Waals surface area contributed by atoms with Crippen molar-refractivity contribution in [2.24, 2.45) is 0 Å². The molecule has 0 bridgehead atoms. The minimum absolute atomic E-state index is 0.0326. The van der Waals surface area contributed by atoms with Crippen LogP contribution in [0.25, 0.3) is 0 Å². The second-order valence-corrected chi connectivity index (χ2v) is 7.89. The number of anilines is 2. The molecule has 2 aromatic rings. The molecule has 0 saturated carbocycles. The van der Waals surface area contributed by atoms with Crippen LogP contribution in [0, 0.1) is 6.92 Å². The number of carbonyl (C=O) groups excluding carboxylic acids is 1. The summed E-state index contributed by atoms with van der Waals surface area (Å²) in [7, 11) is -3.66. The van der Waals surface area contributed by atoms with Gasteiger partial charge in [-0.1, -0.05) is 12.1 Å². The molecule has 0 aliphatic carbocycles. The summed E-state index contributed by atoms with van der Waals surface area (Å²) in [5, 5.41) is 0. The maximum Gasteiger partial charge on any atom is 0.261 e. The van der Waals surface area contributed by atoms with Crippen LogP contribution in [-0.4, -0.2) is 20.4 Å². The molecule has 0 unspecified atom stereocenters. The number of sulfonamides is 1. The predicted octanol–water partition coefficient (Wildman–Crippen LogP) is 3.09. The fourth-order valence-corrected chi connectivity index (χ4v) is 4.28. The number of carbonyl (C=O) groups is 1. The van der Waals surface area contributed by atoms with E-state index in [2.05, 4.69) is 4.72 Å². The van der Waals surface area contributed by atoms with Gasteiger partial charge in [-0.3, -0.25) is 9.52 Å². The quantitative estimate of drug-likeness (QED) is 0.930. The van der Waals surface area contributed by atoms with Gasteiger partial charge in [0.2, 0.25) is 5.91 Å². The van der Waals surface area contributed by atoms with E-state index in [0.717, 1.165) is 16.8 Å². The lowest BCUT2D eigenvalue weighted by molar-refractivity contribution is -0.116. The van der Waals surface area contributed by atoms with Crippen molar-refractivity contribution in [1.82, 2.24) is 0 Å². The van der Waals surface area contributed by atoms with E-state index in [0.29, 0.717) is 12.1 Å². The normalized spacial score (nSPS) is 16.8. The Balaban J connectivity index is 1.93. The van der Waals surface area contributed by atoms with Gasteiger partial charge in [0.15, 0.2) is 0 Å². The maximum atomic E-state index is 12.6. The molecule has 1 heterocycles. The third kappa shape index (κ3) is 3.01. The van der Waals surface area contributed by atoms with Crippen LogP contribution in [0.15, 0.2) is 47.4 Å². The zero-order chi connectivity index (χ0) is 17.5. The largest absolute Gasteiger partial charge is 0.309 e. The van der Waals surface area contributed by atoms with Crippen LogP contribution in [0.2, 0.25) is 0 Å². The number of rotatable bonds is 3. The van der Waals surface area contributed by atoms with Crippen molar-refractivity contribution in [3.05, 3.63) is 53.6 Å². The van der Waals surface area contributed by atoms with E-state index in [4.69, 9.17) is 0 Å². The molecule has 126 valence electrons. The lowest BCUT2D eigenvalue weighted by Crippen LogP contribution is -2.33. The summed E-state index contributed by atoms with van der Waals surface area (Å²) in [6.45, 7) is 5.39. The Bertz CT molecular complexity index is 906. The molecule has 1 amide bonds. The monoisotopic (exact) mass is 344 g/mol. The fourth-order valence-electron chi connectivity index (χ4n) is 3.18. The molecule has 6 heteroatoms. The average molecular weight is 344 g/mol. The summed E-state index contributed by atoms with van der Waals surface area (Å²) >= 11 is 0. The molecule has 0 fully saturated rings. The summed E-state index contributed by atoms with van der Waals surface area (Å²) in [5.74, 6) is -0.0326. The Morgan fingerprint density at radius 2 is 1.96 bits per heavy atom. The van der Waals surface area contributed by atoms with Crippen LogP contribution < -0.4 is 9.62 Å². The van der Waals surface area contributed by atoms with E-state index >= 15 is 0 Å². The van der Waals surface area contributed by atoms with E-state index < -0.39 is 10.0 Å². The smallest absolute Gasteiger partial charge is 0.261 e. The average Bonchev–Trinajstić information content (AvgIpc) is 2.81. The van der Waals surface area contributed by atoms with E-state index in [1.54, 1.807) is 35.2 Å². The van der Waals surface area contributed by atoms with Gasteiger partial charge in [-0.05, 0) is 61.7 Å². The van der Waals surface area contributed by atoms with Crippen molar-refractivity contribution in [2.75, 3.05) is 9.62 Å². The van der Waals surface area contributed by atoms with Gasteiger partial charge in [-0.25, -0.2) is 8.42 Å². The number of benzene rings is 2. The molecule has 0 radical (unpaired) electrons. The molecule has 1 aliphatic heterocycles. The number of nitrogens with one attached hydrogen (secondary N) is 1. The van der Waals surface area contributed by atoms with Gasteiger partial charge >= 0.3 is 0 Å². The Labute approximate surface area is 142 Å². The number of nitrogens with zero attached hydrogens (tertiary/aromatic N) is 1. The summed E-state index contributed by atoms with van der Waals surface area (Å²) < 4.78 is 27.8. The van der Waals surface area contributed by atoms with Gasteiger partial charge < -0.3 is 4.90 Å². The summed E-state index contributed by atoms with van der Waals surface area (Å²) in [6, 6.07) is 12.2. The van der Waals surface area contributed by atoms with Gasteiger partial charge in [0.1, 0.15) is 0 Å². The standard InChI is InChI=1S/C18H20N2O3S/c1-12-5-4-6-16(9-12)19-24(22,23)17-7-8-18-15(11-17)10-13(2)20(18)14(3)21/h4-9,11,13,19H,10H2,1-3H3/t13-/m1/s1. The second-order valence-electron chi connectivity index (χ2n) is 6.21. The van der Waals surface area contributed by atoms with Crippen molar-refractivity contribution in [1.29, 1.82) is 0 Å². The summed E-state index contributed by atoms with van der Waals surface area (Å²) in [6.07, 6.45) is 0.655. The maximum absolute atomic E-state index is 12.6. The molecule has 0 aromatic heterocycles. The summed E-state index contributed by atoms with van der Waals surface area (Å²) in [5.41, 5.74) is 3.19. The van der Waals surface area contributed by atoms with Crippen LogP contribution >= 0.6 is 0 Å². The van der Waals surface area contributed by atoms with Gasteiger partial charge in [-0.2, -0.15) is 0 Å². The third-order valence-electron chi connectivity index (χ3n) is 4.19. The first-order valence-electron chi connectivity index (χ1n) is 7.80. The molecular formula is C18H20N2O3S. The first-order chi connectivity index (χ1) is 11.3. The molecule has 1 aliphatic rings. The first kappa shape index (κ1) is 16.5. The van der Waals surface area contributed by atoms with Crippen LogP contribution in [-0.2, 0) is 21.2 Å². The molecule has 0 saturated heterocycles. The Morgan fingerprint density at radius 1 is 1.21 bits per heavy atom. The third-order valence-corrected chi connectivity index (χ3v) is 5.57. The Morgan fingerprint density at radius 3 is 2.62 bits per heavy atom. The minimum Gasteiger partial charge on any atom is -0.309 e. The fraction of sp³-hybridized carbons (Fsp3) is 0.278. The SMILES string of the molecule is CC(=O)N1c2ccc(S(=O)(=O)Nc3cccc(C)c3)cc2C[C@H]1C. The number of hydrogen-bond donors (Lipinski definition) is 1. The van der Waals surface area contributed by atoms with Crippen LogP contribution in [0.1, 0.15) is 25.0 Å². The lowest BCUT2D eigenvalue weighted by atomic mass is 10.1. The van der Waals surface area contributed by atoms with Crippen molar-refractivity contribution in [3.63, 3.8) is 0 Å². The molecular weight excluding hydrogens is 324 g/mol. The number of amides is 1. The van der Waals surface area contributed by atoms with Gasteiger partial charge in [0.25, 0.3) is 10.0 Å².